The van der Waals surface area contributed by atoms with E-state index in [9.17, 15) is 0 Å². The van der Waals surface area contributed by atoms with Crippen molar-refractivity contribution in [3.63, 3.8) is 0 Å². The number of pyridine rings is 1. The van der Waals surface area contributed by atoms with Crippen LogP contribution in [0.1, 0.15) is 19.2 Å². The Balaban J connectivity index is 2.43. The number of hydrogen-bond donors (Lipinski definition) is 1. The van der Waals surface area contributed by atoms with E-state index in [1.807, 2.05) is 18.2 Å². The maximum atomic E-state index is 5.35. The zero-order valence-electron chi connectivity index (χ0n) is 12.6. The second-order valence-corrected chi connectivity index (χ2v) is 4.47. The van der Waals surface area contributed by atoms with Crippen LogP contribution in [0.3, 0.4) is 0 Å². The lowest BCUT2D eigenvalue weighted by atomic mass is 10.2. The molecule has 0 saturated carbocycles. The Kier molecular flexibility index (Phi) is 5.45. The molecule has 0 bridgehead atoms. The SMILES string of the molecule is CCCNc1cc(-c2ncccc2OC)nc(COC)n1. The molecular weight excluding hydrogens is 268 g/mol. The maximum Gasteiger partial charge on any atom is 0.157 e. The molecule has 21 heavy (non-hydrogen) atoms. The Bertz CT molecular complexity index is 590. The van der Waals surface area contributed by atoms with E-state index in [2.05, 4.69) is 27.2 Å². The van der Waals surface area contributed by atoms with E-state index in [4.69, 9.17) is 9.47 Å². The van der Waals surface area contributed by atoms with Gasteiger partial charge in [-0.15, -0.1) is 0 Å². The molecule has 0 atom stereocenters. The molecule has 0 aliphatic carbocycles. The van der Waals surface area contributed by atoms with Gasteiger partial charge in [0.25, 0.3) is 0 Å². The first-order valence-corrected chi connectivity index (χ1v) is 6.88. The highest BCUT2D eigenvalue weighted by Gasteiger charge is 2.12. The summed E-state index contributed by atoms with van der Waals surface area (Å²) in [5.41, 5.74) is 1.41. The van der Waals surface area contributed by atoms with E-state index in [1.165, 1.54) is 0 Å². The van der Waals surface area contributed by atoms with Gasteiger partial charge in [-0.25, -0.2) is 9.97 Å². The zero-order valence-corrected chi connectivity index (χ0v) is 12.6. The Hall–Kier alpha value is -2.21. The van der Waals surface area contributed by atoms with Gasteiger partial charge in [0.2, 0.25) is 0 Å². The van der Waals surface area contributed by atoms with Crippen LogP contribution in [0.25, 0.3) is 11.4 Å². The molecule has 6 nitrogen and oxygen atoms in total. The van der Waals surface area contributed by atoms with Gasteiger partial charge in [0.1, 0.15) is 23.9 Å². The van der Waals surface area contributed by atoms with Gasteiger partial charge in [0.05, 0.1) is 12.8 Å². The molecule has 0 amide bonds. The van der Waals surface area contributed by atoms with Gasteiger partial charge in [-0.2, -0.15) is 0 Å². The van der Waals surface area contributed by atoms with Crippen molar-refractivity contribution in [2.45, 2.75) is 20.0 Å². The van der Waals surface area contributed by atoms with Crippen LogP contribution in [-0.4, -0.2) is 35.7 Å². The van der Waals surface area contributed by atoms with E-state index in [-0.39, 0.29) is 0 Å². The van der Waals surface area contributed by atoms with Crippen LogP contribution in [0.15, 0.2) is 24.4 Å². The normalized spacial score (nSPS) is 10.4. The number of ether oxygens (including phenoxy) is 2. The maximum absolute atomic E-state index is 5.35. The summed E-state index contributed by atoms with van der Waals surface area (Å²) in [6.07, 6.45) is 2.74. The zero-order chi connectivity index (χ0) is 15.1. The average molecular weight is 288 g/mol. The molecule has 0 spiro atoms. The van der Waals surface area contributed by atoms with Crippen LogP contribution < -0.4 is 10.1 Å². The predicted octanol–water partition coefficient (Wildman–Crippen LogP) is 2.52. The fourth-order valence-electron chi connectivity index (χ4n) is 1.90. The van der Waals surface area contributed by atoms with Crippen molar-refractivity contribution in [1.82, 2.24) is 15.0 Å². The van der Waals surface area contributed by atoms with Gasteiger partial charge in [-0.1, -0.05) is 6.92 Å². The smallest absolute Gasteiger partial charge is 0.157 e. The molecule has 0 aliphatic rings. The molecule has 6 heteroatoms. The number of rotatable bonds is 7. The number of nitrogens with one attached hydrogen (secondary N) is 1. The summed E-state index contributed by atoms with van der Waals surface area (Å²) in [6, 6.07) is 5.56. The van der Waals surface area contributed by atoms with E-state index in [0.717, 1.165) is 18.8 Å². The van der Waals surface area contributed by atoms with E-state index in [1.54, 1.807) is 20.4 Å². The molecule has 0 saturated heterocycles. The third-order valence-corrected chi connectivity index (χ3v) is 2.84. The van der Waals surface area contributed by atoms with Crippen molar-refractivity contribution in [1.29, 1.82) is 0 Å². The molecule has 0 aromatic carbocycles. The lowest BCUT2D eigenvalue weighted by Gasteiger charge is -2.11. The molecule has 2 aromatic heterocycles. The fourth-order valence-corrected chi connectivity index (χ4v) is 1.90. The van der Waals surface area contributed by atoms with Crippen LogP contribution >= 0.6 is 0 Å². The van der Waals surface area contributed by atoms with E-state index < -0.39 is 0 Å². The van der Waals surface area contributed by atoms with Gasteiger partial charge in [0.15, 0.2) is 5.82 Å². The number of nitrogens with zero attached hydrogens (tertiary/aromatic N) is 3. The number of aromatic nitrogens is 3. The van der Waals surface area contributed by atoms with Crippen molar-refractivity contribution >= 4 is 5.82 Å². The summed E-state index contributed by atoms with van der Waals surface area (Å²) in [7, 11) is 3.24. The summed E-state index contributed by atoms with van der Waals surface area (Å²) in [4.78, 5) is 13.3. The standard InChI is InChI=1S/C15H20N4O2/c1-4-7-16-13-9-11(18-14(19-13)10-20-2)15-12(21-3)6-5-8-17-15/h5-6,8-9H,4,7,10H2,1-3H3,(H,16,18,19). The monoisotopic (exact) mass is 288 g/mol. The lowest BCUT2D eigenvalue weighted by Crippen LogP contribution is -2.07. The van der Waals surface area contributed by atoms with Crippen molar-refractivity contribution in [3.8, 4) is 17.1 Å². The minimum Gasteiger partial charge on any atom is -0.494 e. The Morgan fingerprint density at radius 2 is 2.10 bits per heavy atom. The molecule has 0 unspecified atom stereocenters. The summed E-state index contributed by atoms with van der Waals surface area (Å²) < 4.78 is 10.5. The molecule has 0 fully saturated rings. The predicted molar refractivity (Wildman–Crippen MR) is 81.3 cm³/mol. The second-order valence-electron chi connectivity index (χ2n) is 4.47. The van der Waals surface area contributed by atoms with Crippen LogP contribution in [0.4, 0.5) is 5.82 Å². The first-order valence-electron chi connectivity index (χ1n) is 6.88. The first-order chi connectivity index (χ1) is 10.3. The van der Waals surface area contributed by atoms with Crippen LogP contribution in [0, 0.1) is 0 Å². The van der Waals surface area contributed by atoms with Crippen molar-refractivity contribution in [3.05, 3.63) is 30.2 Å². The quantitative estimate of drug-likeness (QED) is 0.844. The molecule has 1 N–H and O–H groups in total. The first kappa shape index (κ1) is 15.2. The van der Waals surface area contributed by atoms with Gasteiger partial charge in [-0.05, 0) is 18.6 Å². The molecular formula is C15H20N4O2. The summed E-state index contributed by atoms with van der Waals surface area (Å²) >= 11 is 0. The highest BCUT2D eigenvalue weighted by Crippen LogP contribution is 2.27. The van der Waals surface area contributed by atoms with Crippen molar-refractivity contribution < 1.29 is 9.47 Å². The number of anilines is 1. The molecule has 0 aliphatic heterocycles. The lowest BCUT2D eigenvalue weighted by molar-refractivity contribution is 0.178. The van der Waals surface area contributed by atoms with E-state index >= 15 is 0 Å². The summed E-state index contributed by atoms with van der Waals surface area (Å²) in [5, 5.41) is 3.27. The summed E-state index contributed by atoms with van der Waals surface area (Å²) in [6.45, 7) is 3.30. The minimum atomic E-state index is 0.351. The van der Waals surface area contributed by atoms with Crippen LogP contribution in [0.2, 0.25) is 0 Å². The van der Waals surface area contributed by atoms with Crippen molar-refractivity contribution in [2.75, 3.05) is 26.1 Å². The topological polar surface area (TPSA) is 69.2 Å². The minimum absolute atomic E-state index is 0.351. The van der Waals surface area contributed by atoms with Crippen LogP contribution in [-0.2, 0) is 11.3 Å². The second kappa shape index (κ2) is 7.54. The summed E-state index contributed by atoms with van der Waals surface area (Å²) in [5.74, 6) is 2.06. The highest BCUT2D eigenvalue weighted by atomic mass is 16.5. The Morgan fingerprint density at radius 1 is 1.24 bits per heavy atom. The van der Waals surface area contributed by atoms with Crippen LogP contribution in [0.5, 0.6) is 5.75 Å². The number of methoxy groups -OCH3 is 2. The third kappa shape index (κ3) is 3.88. The molecule has 2 rings (SSSR count). The molecule has 2 aromatic rings. The molecule has 0 radical (unpaired) electrons. The average Bonchev–Trinajstić information content (AvgIpc) is 2.53. The molecule has 2 heterocycles. The fraction of sp³-hybridized carbons (Fsp3) is 0.400. The Morgan fingerprint density at radius 3 is 2.81 bits per heavy atom. The largest absolute Gasteiger partial charge is 0.494 e. The molecule has 112 valence electrons. The Labute approximate surface area is 124 Å². The van der Waals surface area contributed by atoms with Gasteiger partial charge < -0.3 is 14.8 Å². The number of hydrogen-bond acceptors (Lipinski definition) is 6. The third-order valence-electron chi connectivity index (χ3n) is 2.84. The van der Waals surface area contributed by atoms with Crippen molar-refractivity contribution in [2.24, 2.45) is 0 Å². The van der Waals surface area contributed by atoms with Gasteiger partial charge >= 0.3 is 0 Å². The van der Waals surface area contributed by atoms with Gasteiger partial charge in [-0.3, -0.25) is 4.98 Å². The van der Waals surface area contributed by atoms with E-state index in [0.29, 0.717) is 29.6 Å². The van der Waals surface area contributed by atoms with Gasteiger partial charge in [0, 0.05) is 25.9 Å². The highest BCUT2D eigenvalue weighted by molar-refractivity contribution is 5.65.